The lowest BCUT2D eigenvalue weighted by atomic mass is 10.2. The maximum atomic E-state index is 5.53. The minimum atomic E-state index is 0.398. The zero-order valence-electron chi connectivity index (χ0n) is 8.30. The second-order valence-corrected chi connectivity index (χ2v) is 4.11. The largest absolute Gasteiger partial charge is 0.430 e. The standard InChI is InChI=1S/C10H11N3OS/c1-7-3-2-4-8(5-7)14-10-13-12-9(6-11)15-10/h2-5H,6,11H2,1H3. The highest BCUT2D eigenvalue weighted by Gasteiger charge is 2.04. The Kier molecular flexibility index (Phi) is 2.94. The third-order valence-corrected chi connectivity index (χ3v) is 2.64. The summed E-state index contributed by atoms with van der Waals surface area (Å²) in [5.74, 6) is 0.773. The van der Waals surface area contributed by atoms with Crippen molar-refractivity contribution in [2.45, 2.75) is 13.5 Å². The number of nitrogens with two attached hydrogens (primary N) is 1. The molecule has 2 aromatic rings. The van der Waals surface area contributed by atoms with Gasteiger partial charge in [0.25, 0.3) is 5.19 Å². The molecule has 0 radical (unpaired) electrons. The molecule has 0 unspecified atom stereocenters. The molecule has 1 aromatic carbocycles. The molecule has 0 aliphatic heterocycles. The SMILES string of the molecule is Cc1cccc(Oc2nnc(CN)s2)c1. The van der Waals surface area contributed by atoms with Gasteiger partial charge in [0.2, 0.25) is 0 Å². The lowest BCUT2D eigenvalue weighted by Gasteiger charge is -2.00. The summed E-state index contributed by atoms with van der Waals surface area (Å²) in [6.07, 6.45) is 0. The molecular weight excluding hydrogens is 210 g/mol. The van der Waals surface area contributed by atoms with Crippen molar-refractivity contribution < 1.29 is 4.74 Å². The summed E-state index contributed by atoms with van der Waals surface area (Å²) >= 11 is 1.36. The van der Waals surface area contributed by atoms with Gasteiger partial charge >= 0.3 is 0 Å². The van der Waals surface area contributed by atoms with Gasteiger partial charge in [-0.1, -0.05) is 28.6 Å². The summed E-state index contributed by atoms with van der Waals surface area (Å²) in [7, 11) is 0. The Morgan fingerprint density at radius 1 is 1.40 bits per heavy atom. The monoisotopic (exact) mass is 221 g/mol. The van der Waals surface area contributed by atoms with Gasteiger partial charge in [-0.2, -0.15) is 0 Å². The lowest BCUT2D eigenvalue weighted by Crippen LogP contribution is -1.94. The molecule has 2 N–H and O–H groups in total. The molecule has 0 fully saturated rings. The van der Waals surface area contributed by atoms with Crippen molar-refractivity contribution in [3.8, 4) is 10.9 Å². The van der Waals surface area contributed by atoms with Crippen molar-refractivity contribution >= 4 is 11.3 Å². The van der Waals surface area contributed by atoms with Crippen molar-refractivity contribution in [2.75, 3.05) is 0 Å². The highest BCUT2D eigenvalue weighted by atomic mass is 32.1. The van der Waals surface area contributed by atoms with Crippen LogP contribution in [0.25, 0.3) is 0 Å². The van der Waals surface area contributed by atoms with Gasteiger partial charge in [0, 0.05) is 6.54 Å². The molecule has 4 nitrogen and oxygen atoms in total. The van der Waals surface area contributed by atoms with Crippen LogP contribution in [0.1, 0.15) is 10.6 Å². The zero-order chi connectivity index (χ0) is 10.7. The van der Waals surface area contributed by atoms with Gasteiger partial charge in [0.05, 0.1) is 0 Å². The van der Waals surface area contributed by atoms with E-state index >= 15 is 0 Å². The van der Waals surface area contributed by atoms with Gasteiger partial charge in [0.1, 0.15) is 10.8 Å². The summed E-state index contributed by atoms with van der Waals surface area (Å²) in [5, 5.41) is 9.05. The first-order chi connectivity index (χ1) is 7.28. The first-order valence-corrected chi connectivity index (χ1v) is 5.36. The molecule has 0 saturated heterocycles. The number of nitrogens with zero attached hydrogens (tertiary/aromatic N) is 2. The second kappa shape index (κ2) is 4.37. The topological polar surface area (TPSA) is 61.0 Å². The van der Waals surface area contributed by atoms with E-state index in [-0.39, 0.29) is 0 Å². The first-order valence-electron chi connectivity index (χ1n) is 4.55. The average Bonchev–Trinajstić information content (AvgIpc) is 2.65. The first kappa shape index (κ1) is 10.1. The number of benzene rings is 1. The summed E-state index contributed by atoms with van der Waals surface area (Å²) in [6, 6.07) is 7.79. The molecule has 0 spiro atoms. The fraction of sp³-hybridized carbons (Fsp3) is 0.200. The summed E-state index contributed by atoms with van der Waals surface area (Å²) in [4.78, 5) is 0. The van der Waals surface area contributed by atoms with Crippen LogP contribution >= 0.6 is 11.3 Å². The van der Waals surface area contributed by atoms with Crippen LogP contribution in [0, 0.1) is 6.92 Å². The van der Waals surface area contributed by atoms with E-state index in [2.05, 4.69) is 10.2 Å². The fourth-order valence-electron chi connectivity index (χ4n) is 1.14. The highest BCUT2D eigenvalue weighted by Crippen LogP contribution is 2.24. The number of ether oxygens (including phenoxy) is 1. The van der Waals surface area contributed by atoms with Gasteiger partial charge in [-0.15, -0.1) is 5.10 Å². The van der Waals surface area contributed by atoms with Crippen molar-refractivity contribution in [2.24, 2.45) is 5.73 Å². The second-order valence-electron chi connectivity index (χ2n) is 3.08. The number of aromatic nitrogens is 2. The molecule has 78 valence electrons. The Balaban J connectivity index is 2.14. The van der Waals surface area contributed by atoms with Crippen molar-refractivity contribution in [3.63, 3.8) is 0 Å². The van der Waals surface area contributed by atoms with Gasteiger partial charge in [-0.25, -0.2) is 0 Å². The van der Waals surface area contributed by atoms with E-state index in [1.165, 1.54) is 11.3 Å². The normalized spacial score (nSPS) is 10.3. The minimum Gasteiger partial charge on any atom is -0.430 e. The molecular formula is C10H11N3OS. The molecule has 0 aliphatic carbocycles. The van der Waals surface area contributed by atoms with Crippen molar-refractivity contribution in [1.82, 2.24) is 10.2 Å². The summed E-state index contributed by atoms with van der Waals surface area (Å²) < 4.78 is 5.53. The van der Waals surface area contributed by atoms with Crippen molar-refractivity contribution in [3.05, 3.63) is 34.8 Å². The van der Waals surface area contributed by atoms with E-state index in [9.17, 15) is 0 Å². The molecule has 0 amide bonds. The van der Waals surface area contributed by atoms with Crippen LogP contribution in [-0.4, -0.2) is 10.2 Å². The predicted octanol–water partition coefficient (Wildman–Crippen LogP) is 2.10. The number of rotatable bonds is 3. The molecule has 1 heterocycles. The maximum absolute atomic E-state index is 5.53. The molecule has 1 aromatic heterocycles. The summed E-state index contributed by atoms with van der Waals surface area (Å²) in [5.41, 5.74) is 6.58. The Hall–Kier alpha value is -1.46. The Bertz CT molecular complexity index is 455. The quantitative estimate of drug-likeness (QED) is 0.862. The van der Waals surface area contributed by atoms with E-state index in [1.807, 2.05) is 31.2 Å². The van der Waals surface area contributed by atoms with Crippen molar-refractivity contribution in [1.29, 1.82) is 0 Å². The van der Waals surface area contributed by atoms with Gasteiger partial charge in [0.15, 0.2) is 0 Å². The minimum absolute atomic E-state index is 0.398. The maximum Gasteiger partial charge on any atom is 0.299 e. The number of hydrogen-bond acceptors (Lipinski definition) is 5. The zero-order valence-corrected chi connectivity index (χ0v) is 9.12. The van der Waals surface area contributed by atoms with Gasteiger partial charge in [-0.3, -0.25) is 0 Å². The van der Waals surface area contributed by atoms with Gasteiger partial charge < -0.3 is 10.5 Å². The number of aryl methyl sites for hydroxylation is 1. The van der Waals surface area contributed by atoms with E-state index in [4.69, 9.17) is 10.5 Å². The number of hydrogen-bond donors (Lipinski definition) is 1. The van der Waals surface area contributed by atoms with E-state index < -0.39 is 0 Å². The third-order valence-electron chi connectivity index (χ3n) is 1.82. The van der Waals surface area contributed by atoms with Crippen LogP contribution in [0.4, 0.5) is 0 Å². The molecule has 5 heteroatoms. The molecule has 0 bridgehead atoms. The van der Waals surface area contributed by atoms with Crippen LogP contribution in [-0.2, 0) is 6.54 Å². The Morgan fingerprint density at radius 2 is 2.27 bits per heavy atom. The van der Waals surface area contributed by atoms with Crippen LogP contribution in [0.2, 0.25) is 0 Å². The van der Waals surface area contributed by atoms with E-state index in [0.717, 1.165) is 16.3 Å². The predicted molar refractivity (Wildman–Crippen MR) is 59.1 cm³/mol. The molecule has 0 saturated carbocycles. The van der Waals surface area contributed by atoms with Crippen LogP contribution in [0.3, 0.4) is 0 Å². The smallest absolute Gasteiger partial charge is 0.299 e. The van der Waals surface area contributed by atoms with Crippen LogP contribution in [0.5, 0.6) is 10.9 Å². The highest BCUT2D eigenvalue weighted by molar-refractivity contribution is 7.13. The van der Waals surface area contributed by atoms with E-state index in [1.54, 1.807) is 0 Å². The van der Waals surface area contributed by atoms with Crippen LogP contribution < -0.4 is 10.5 Å². The Morgan fingerprint density at radius 3 is 2.93 bits per heavy atom. The fourth-order valence-corrected chi connectivity index (χ4v) is 1.73. The summed E-state index contributed by atoms with van der Waals surface area (Å²) in [6.45, 7) is 2.41. The molecule has 2 rings (SSSR count). The van der Waals surface area contributed by atoms with Gasteiger partial charge in [-0.05, 0) is 24.6 Å². The lowest BCUT2D eigenvalue weighted by molar-refractivity contribution is 0.472. The molecule has 0 aliphatic rings. The van der Waals surface area contributed by atoms with Crippen LogP contribution in [0.15, 0.2) is 24.3 Å². The average molecular weight is 221 g/mol. The Labute approximate surface area is 91.7 Å². The molecule has 15 heavy (non-hydrogen) atoms. The van der Waals surface area contributed by atoms with E-state index in [0.29, 0.717) is 11.7 Å². The third kappa shape index (κ3) is 2.51. The molecule has 0 atom stereocenters.